The molecule has 3 aromatic rings. The predicted octanol–water partition coefficient (Wildman–Crippen LogP) is 3.67. The van der Waals surface area contributed by atoms with Crippen LogP contribution in [0.5, 0.6) is 0 Å². The quantitative estimate of drug-likeness (QED) is 0.441. The number of hydrogen-bond acceptors (Lipinski definition) is 2. The SMILES string of the molecule is NC(=S)NN=Cc1ccc(-c2cccc3ccccc23)cc1. The Hall–Kier alpha value is -2.72. The molecular weight excluding hydrogens is 290 g/mol. The highest BCUT2D eigenvalue weighted by atomic mass is 32.1. The van der Waals surface area contributed by atoms with Gasteiger partial charge in [0.1, 0.15) is 0 Å². The Bertz CT molecular complexity index is 833. The molecule has 0 aliphatic heterocycles. The van der Waals surface area contributed by atoms with E-state index >= 15 is 0 Å². The molecule has 0 atom stereocenters. The zero-order valence-corrected chi connectivity index (χ0v) is 12.7. The molecule has 0 amide bonds. The van der Waals surface area contributed by atoms with Crippen molar-refractivity contribution in [1.82, 2.24) is 5.43 Å². The first kappa shape index (κ1) is 14.2. The Balaban J connectivity index is 1.92. The maximum Gasteiger partial charge on any atom is 0.184 e. The summed E-state index contributed by atoms with van der Waals surface area (Å²) < 4.78 is 0. The summed E-state index contributed by atoms with van der Waals surface area (Å²) in [7, 11) is 0. The first-order valence-corrected chi connectivity index (χ1v) is 7.31. The Morgan fingerprint density at radius 2 is 1.68 bits per heavy atom. The lowest BCUT2D eigenvalue weighted by molar-refractivity contribution is 1.04. The van der Waals surface area contributed by atoms with E-state index < -0.39 is 0 Å². The van der Waals surface area contributed by atoms with Crippen LogP contribution in [0.15, 0.2) is 71.8 Å². The lowest BCUT2D eigenvalue weighted by atomic mass is 9.98. The normalized spacial score (nSPS) is 10.9. The molecule has 0 saturated heterocycles. The van der Waals surface area contributed by atoms with Gasteiger partial charge in [0, 0.05) is 0 Å². The monoisotopic (exact) mass is 305 g/mol. The Morgan fingerprint density at radius 1 is 0.955 bits per heavy atom. The molecule has 0 spiro atoms. The fourth-order valence-corrected chi connectivity index (χ4v) is 2.45. The maximum absolute atomic E-state index is 5.32. The van der Waals surface area contributed by atoms with Crippen LogP contribution in [0.1, 0.15) is 5.56 Å². The minimum atomic E-state index is 0.156. The van der Waals surface area contributed by atoms with Crippen molar-refractivity contribution in [1.29, 1.82) is 0 Å². The Kier molecular flexibility index (Phi) is 4.12. The van der Waals surface area contributed by atoms with Gasteiger partial charge in [0.15, 0.2) is 5.11 Å². The van der Waals surface area contributed by atoms with E-state index in [-0.39, 0.29) is 5.11 Å². The van der Waals surface area contributed by atoms with E-state index in [1.807, 2.05) is 12.1 Å². The molecule has 0 aliphatic rings. The van der Waals surface area contributed by atoms with Crippen LogP contribution in [0.2, 0.25) is 0 Å². The number of thiocarbonyl (C=S) groups is 1. The van der Waals surface area contributed by atoms with E-state index in [1.165, 1.54) is 21.9 Å². The third-order valence-corrected chi connectivity index (χ3v) is 3.49. The minimum absolute atomic E-state index is 0.156. The molecule has 0 heterocycles. The highest BCUT2D eigenvalue weighted by molar-refractivity contribution is 7.80. The van der Waals surface area contributed by atoms with Crippen LogP contribution in [0.3, 0.4) is 0 Å². The molecule has 0 unspecified atom stereocenters. The van der Waals surface area contributed by atoms with E-state index in [1.54, 1.807) is 6.21 Å². The molecule has 108 valence electrons. The summed E-state index contributed by atoms with van der Waals surface area (Å²) >= 11 is 4.69. The third kappa shape index (κ3) is 3.13. The van der Waals surface area contributed by atoms with Crippen molar-refractivity contribution >= 4 is 34.3 Å². The van der Waals surface area contributed by atoms with Crippen LogP contribution in [-0.2, 0) is 0 Å². The summed E-state index contributed by atoms with van der Waals surface area (Å²) in [4.78, 5) is 0. The minimum Gasteiger partial charge on any atom is -0.375 e. The zero-order chi connectivity index (χ0) is 15.4. The first-order valence-electron chi connectivity index (χ1n) is 6.91. The average molecular weight is 305 g/mol. The van der Waals surface area contributed by atoms with Crippen molar-refractivity contribution in [2.45, 2.75) is 0 Å². The number of nitrogens with one attached hydrogen (secondary N) is 1. The number of nitrogens with two attached hydrogens (primary N) is 1. The summed E-state index contributed by atoms with van der Waals surface area (Å²) in [6.45, 7) is 0. The van der Waals surface area contributed by atoms with Gasteiger partial charge in [-0.2, -0.15) is 5.10 Å². The summed E-state index contributed by atoms with van der Waals surface area (Å²) in [6.07, 6.45) is 1.69. The van der Waals surface area contributed by atoms with Gasteiger partial charge in [-0.05, 0) is 39.7 Å². The van der Waals surface area contributed by atoms with Crippen molar-refractivity contribution < 1.29 is 0 Å². The molecule has 0 aromatic heterocycles. The van der Waals surface area contributed by atoms with Crippen molar-refractivity contribution in [2.75, 3.05) is 0 Å². The predicted molar refractivity (Wildman–Crippen MR) is 96.9 cm³/mol. The number of hydrazone groups is 1. The number of nitrogens with zero attached hydrogens (tertiary/aromatic N) is 1. The fourth-order valence-electron chi connectivity index (χ4n) is 2.40. The van der Waals surface area contributed by atoms with Crippen molar-refractivity contribution in [2.24, 2.45) is 10.8 Å². The van der Waals surface area contributed by atoms with Crippen LogP contribution in [0.25, 0.3) is 21.9 Å². The van der Waals surface area contributed by atoms with E-state index in [4.69, 9.17) is 18.0 Å². The van der Waals surface area contributed by atoms with Crippen LogP contribution in [-0.4, -0.2) is 11.3 Å². The lowest BCUT2D eigenvalue weighted by Gasteiger charge is -2.07. The van der Waals surface area contributed by atoms with Gasteiger partial charge in [0.05, 0.1) is 6.21 Å². The summed E-state index contributed by atoms with van der Waals surface area (Å²) in [5.41, 5.74) is 11.2. The number of benzene rings is 3. The molecule has 0 fully saturated rings. The highest BCUT2D eigenvalue weighted by Crippen LogP contribution is 2.28. The number of rotatable bonds is 3. The summed E-state index contributed by atoms with van der Waals surface area (Å²) in [5.74, 6) is 0. The number of hydrogen-bond donors (Lipinski definition) is 2. The molecular formula is C18H15N3S. The maximum atomic E-state index is 5.32. The molecule has 3 N–H and O–H groups in total. The molecule has 3 nitrogen and oxygen atoms in total. The average Bonchev–Trinajstić information content (AvgIpc) is 2.55. The lowest BCUT2D eigenvalue weighted by Crippen LogP contribution is -2.23. The van der Waals surface area contributed by atoms with Crippen molar-refractivity contribution in [3.05, 3.63) is 72.3 Å². The molecule has 0 aliphatic carbocycles. The molecule has 0 radical (unpaired) electrons. The Labute approximate surface area is 134 Å². The van der Waals surface area contributed by atoms with Gasteiger partial charge < -0.3 is 5.73 Å². The van der Waals surface area contributed by atoms with Gasteiger partial charge in [-0.1, -0.05) is 66.7 Å². The van der Waals surface area contributed by atoms with Crippen LogP contribution >= 0.6 is 12.2 Å². The molecule has 3 rings (SSSR count). The Morgan fingerprint density at radius 3 is 2.45 bits per heavy atom. The fraction of sp³-hybridized carbons (Fsp3) is 0. The second kappa shape index (κ2) is 6.37. The highest BCUT2D eigenvalue weighted by Gasteiger charge is 2.02. The molecule has 3 aromatic carbocycles. The van der Waals surface area contributed by atoms with Crippen molar-refractivity contribution in [3.8, 4) is 11.1 Å². The third-order valence-electron chi connectivity index (χ3n) is 3.40. The topological polar surface area (TPSA) is 50.4 Å². The number of fused-ring (bicyclic) bond motifs is 1. The van der Waals surface area contributed by atoms with E-state index in [0.717, 1.165) is 5.56 Å². The van der Waals surface area contributed by atoms with Crippen LogP contribution < -0.4 is 11.2 Å². The van der Waals surface area contributed by atoms with Gasteiger partial charge in [-0.15, -0.1) is 0 Å². The molecule has 22 heavy (non-hydrogen) atoms. The second-order valence-corrected chi connectivity index (χ2v) is 5.32. The molecule has 0 saturated carbocycles. The van der Waals surface area contributed by atoms with Crippen molar-refractivity contribution in [3.63, 3.8) is 0 Å². The van der Waals surface area contributed by atoms with Gasteiger partial charge in [0.2, 0.25) is 0 Å². The van der Waals surface area contributed by atoms with Crippen LogP contribution in [0.4, 0.5) is 0 Å². The zero-order valence-electron chi connectivity index (χ0n) is 11.9. The summed E-state index contributed by atoms with van der Waals surface area (Å²) in [6, 6.07) is 22.9. The molecule has 4 heteroatoms. The van der Waals surface area contributed by atoms with E-state index in [2.05, 4.69) is 65.1 Å². The molecule has 0 bridgehead atoms. The second-order valence-electron chi connectivity index (χ2n) is 4.88. The van der Waals surface area contributed by atoms with E-state index in [0.29, 0.717) is 0 Å². The largest absolute Gasteiger partial charge is 0.375 e. The van der Waals surface area contributed by atoms with Gasteiger partial charge in [0.25, 0.3) is 0 Å². The first-order chi connectivity index (χ1) is 10.7. The van der Waals surface area contributed by atoms with Crippen LogP contribution in [0, 0.1) is 0 Å². The van der Waals surface area contributed by atoms with E-state index in [9.17, 15) is 0 Å². The summed E-state index contributed by atoms with van der Waals surface area (Å²) in [5, 5.41) is 6.60. The van der Waals surface area contributed by atoms with Gasteiger partial charge in [-0.25, -0.2) is 0 Å². The standard InChI is InChI=1S/C18H15N3S/c19-18(22)21-20-12-13-8-10-15(11-9-13)17-7-3-5-14-4-1-2-6-16(14)17/h1-12H,(H3,19,21,22). The smallest absolute Gasteiger partial charge is 0.184 e. The van der Waals surface area contributed by atoms with Gasteiger partial charge in [-0.3, -0.25) is 5.43 Å². The van der Waals surface area contributed by atoms with Gasteiger partial charge >= 0.3 is 0 Å².